The van der Waals surface area contributed by atoms with E-state index in [1.807, 2.05) is 19.1 Å². The fraction of sp³-hybridized carbons (Fsp3) is 0.417. The molecule has 0 aliphatic carbocycles. The Morgan fingerprint density at radius 1 is 1.40 bits per heavy atom. The molecule has 0 amide bonds. The Labute approximate surface area is 95.4 Å². The lowest BCUT2D eigenvalue weighted by Crippen LogP contribution is -2.33. The van der Waals surface area contributed by atoms with Crippen molar-refractivity contribution < 1.29 is 4.79 Å². The van der Waals surface area contributed by atoms with Crippen molar-refractivity contribution >= 4 is 17.4 Å². The van der Waals surface area contributed by atoms with Crippen molar-refractivity contribution in [1.29, 1.82) is 0 Å². The van der Waals surface area contributed by atoms with Crippen LogP contribution in [-0.2, 0) is 10.2 Å². The third-order valence-corrected chi connectivity index (χ3v) is 3.15. The first kappa shape index (κ1) is 12.2. The Kier molecular flexibility index (Phi) is 3.89. The van der Waals surface area contributed by atoms with Gasteiger partial charge in [0.2, 0.25) is 0 Å². The van der Waals surface area contributed by atoms with Crippen LogP contribution in [0.5, 0.6) is 0 Å². The zero-order valence-electron chi connectivity index (χ0n) is 9.09. The van der Waals surface area contributed by atoms with Crippen LogP contribution in [0.25, 0.3) is 0 Å². The fourth-order valence-electron chi connectivity index (χ4n) is 1.63. The number of ketones is 1. The second kappa shape index (κ2) is 4.77. The zero-order chi connectivity index (χ0) is 11.5. The van der Waals surface area contributed by atoms with Crippen molar-refractivity contribution in [3.05, 3.63) is 34.9 Å². The van der Waals surface area contributed by atoms with Crippen LogP contribution in [0.2, 0.25) is 5.02 Å². The van der Waals surface area contributed by atoms with Gasteiger partial charge < -0.3 is 5.73 Å². The van der Waals surface area contributed by atoms with E-state index in [4.69, 9.17) is 17.3 Å². The van der Waals surface area contributed by atoms with Gasteiger partial charge in [0.1, 0.15) is 5.78 Å². The summed E-state index contributed by atoms with van der Waals surface area (Å²) in [7, 11) is 0. The van der Waals surface area contributed by atoms with Gasteiger partial charge in [0.25, 0.3) is 0 Å². The van der Waals surface area contributed by atoms with Crippen LogP contribution in [0.1, 0.15) is 25.8 Å². The number of Topliss-reactive ketones (excluding diaryl/α,β-unsaturated/α-hetero) is 1. The van der Waals surface area contributed by atoms with Crippen molar-refractivity contribution in [1.82, 2.24) is 0 Å². The minimum atomic E-state index is -0.487. The summed E-state index contributed by atoms with van der Waals surface area (Å²) in [6.45, 7) is 4.02. The standard InChI is InChI=1S/C12H16ClNO/c1-9(15)12(2,7-8-14)10-3-5-11(13)6-4-10/h3-6H,7-8,14H2,1-2H3. The largest absolute Gasteiger partial charge is 0.330 e. The van der Waals surface area contributed by atoms with Gasteiger partial charge in [-0.25, -0.2) is 0 Å². The van der Waals surface area contributed by atoms with Crippen molar-refractivity contribution in [3.8, 4) is 0 Å². The Bertz CT molecular complexity index is 347. The number of carbonyl (C=O) groups excluding carboxylic acids is 1. The van der Waals surface area contributed by atoms with Crippen LogP contribution >= 0.6 is 11.6 Å². The molecule has 1 rings (SSSR count). The van der Waals surface area contributed by atoms with E-state index in [2.05, 4.69) is 0 Å². The van der Waals surface area contributed by atoms with Crippen molar-refractivity contribution in [3.63, 3.8) is 0 Å². The summed E-state index contributed by atoms with van der Waals surface area (Å²) in [5, 5.41) is 0.678. The van der Waals surface area contributed by atoms with E-state index in [1.54, 1.807) is 19.1 Å². The maximum Gasteiger partial charge on any atom is 0.140 e. The number of carbonyl (C=O) groups is 1. The van der Waals surface area contributed by atoms with E-state index in [0.29, 0.717) is 18.0 Å². The predicted octanol–water partition coefficient (Wildman–Crippen LogP) is 2.54. The van der Waals surface area contributed by atoms with Gasteiger partial charge in [-0.05, 0) is 44.5 Å². The minimum Gasteiger partial charge on any atom is -0.330 e. The molecule has 2 N–H and O–H groups in total. The smallest absolute Gasteiger partial charge is 0.140 e. The van der Waals surface area contributed by atoms with Gasteiger partial charge in [-0.1, -0.05) is 23.7 Å². The first-order chi connectivity index (χ1) is 7.00. The van der Waals surface area contributed by atoms with E-state index in [9.17, 15) is 4.79 Å². The molecule has 0 heterocycles. The van der Waals surface area contributed by atoms with E-state index in [-0.39, 0.29) is 5.78 Å². The third-order valence-electron chi connectivity index (χ3n) is 2.90. The lowest BCUT2D eigenvalue weighted by Gasteiger charge is -2.26. The van der Waals surface area contributed by atoms with Gasteiger partial charge in [0.15, 0.2) is 0 Å². The molecule has 1 aromatic rings. The second-order valence-corrected chi connectivity index (χ2v) is 4.37. The highest BCUT2D eigenvalue weighted by atomic mass is 35.5. The number of rotatable bonds is 4. The summed E-state index contributed by atoms with van der Waals surface area (Å²) < 4.78 is 0. The zero-order valence-corrected chi connectivity index (χ0v) is 9.84. The van der Waals surface area contributed by atoms with Crippen molar-refractivity contribution in [2.75, 3.05) is 6.54 Å². The van der Waals surface area contributed by atoms with E-state index < -0.39 is 5.41 Å². The molecule has 82 valence electrons. The molecule has 1 atom stereocenters. The van der Waals surface area contributed by atoms with Crippen LogP contribution < -0.4 is 5.73 Å². The van der Waals surface area contributed by atoms with Gasteiger partial charge in [-0.2, -0.15) is 0 Å². The molecule has 3 heteroatoms. The number of halogens is 1. The van der Waals surface area contributed by atoms with Crippen LogP contribution in [-0.4, -0.2) is 12.3 Å². The molecular weight excluding hydrogens is 210 g/mol. The van der Waals surface area contributed by atoms with Gasteiger partial charge in [-0.15, -0.1) is 0 Å². The lowest BCUT2D eigenvalue weighted by molar-refractivity contribution is -0.122. The summed E-state index contributed by atoms with van der Waals surface area (Å²) in [5.41, 5.74) is 6.03. The Balaban J connectivity index is 3.09. The summed E-state index contributed by atoms with van der Waals surface area (Å²) in [4.78, 5) is 11.7. The maximum absolute atomic E-state index is 11.7. The quantitative estimate of drug-likeness (QED) is 0.856. The molecular formula is C12H16ClNO. The first-order valence-electron chi connectivity index (χ1n) is 4.98. The van der Waals surface area contributed by atoms with Crippen molar-refractivity contribution in [2.45, 2.75) is 25.7 Å². The predicted molar refractivity (Wildman–Crippen MR) is 63.2 cm³/mol. The Morgan fingerprint density at radius 3 is 2.33 bits per heavy atom. The van der Waals surface area contributed by atoms with Gasteiger partial charge in [-0.3, -0.25) is 4.79 Å². The highest BCUT2D eigenvalue weighted by Gasteiger charge is 2.30. The average Bonchev–Trinajstić information content (AvgIpc) is 2.18. The molecule has 1 aromatic carbocycles. The highest BCUT2D eigenvalue weighted by molar-refractivity contribution is 6.30. The Morgan fingerprint density at radius 2 is 1.93 bits per heavy atom. The number of benzene rings is 1. The van der Waals surface area contributed by atoms with Gasteiger partial charge in [0.05, 0.1) is 5.41 Å². The molecule has 0 radical (unpaired) electrons. The fourth-order valence-corrected chi connectivity index (χ4v) is 1.76. The first-order valence-corrected chi connectivity index (χ1v) is 5.35. The molecule has 2 nitrogen and oxygen atoms in total. The molecule has 0 aliphatic heterocycles. The molecule has 0 fully saturated rings. The van der Waals surface area contributed by atoms with Crippen LogP contribution in [0.3, 0.4) is 0 Å². The molecule has 15 heavy (non-hydrogen) atoms. The SMILES string of the molecule is CC(=O)C(C)(CCN)c1ccc(Cl)cc1. The minimum absolute atomic E-state index is 0.135. The van der Waals surface area contributed by atoms with Crippen LogP contribution in [0.4, 0.5) is 0 Å². The average molecular weight is 226 g/mol. The van der Waals surface area contributed by atoms with E-state index in [0.717, 1.165) is 5.56 Å². The molecule has 0 aliphatic rings. The van der Waals surface area contributed by atoms with E-state index in [1.165, 1.54) is 0 Å². The Hall–Kier alpha value is -0.860. The molecule has 0 aromatic heterocycles. The summed E-state index contributed by atoms with van der Waals surface area (Å²) in [6.07, 6.45) is 0.657. The number of hydrogen-bond acceptors (Lipinski definition) is 2. The third kappa shape index (κ3) is 2.58. The lowest BCUT2D eigenvalue weighted by atomic mass is 9.76. The number of nitrogens with two attached hydrogens (primary N) is 1. The maximum atomic E-state index is 11.7. The second-order valence-electron chi connectivity index (χ2n) is 3.93. The summed E-state index contributed by atoms with van der Waals surface area (Å²) in [5.74, 6) is 0.135. The van der Waals surface area contributed by atoms with Gasteiger partial charge >= 0.3 is 0 Å². The molecule has 0 saturated heterocycles. The summed E-state index contributed by atoms with van der Waals surface area (Å²) in [6, 6.07) is 7.38. The normalized spacial score (nSPS) is 14.7. The van der Waals surface area contributed by atoms with Gasteiger partial charge in [0, 0.05) is 5.02 Å². The monoisotopic (exact) mass is 225 g/mol. The highest BCUT2D eigenvalue weighted by Crippen LogP contribution is 2.29. The van der Waals surface area contributed by atoms with E-state index >= 15 is 0 Å². The van der Waals surface area contributed by atoms with Crippen LogP contribution in [0.15, 0.2) is 24.3 Å². The van der Waals surface area contributed by atoms with Crippen molar-refractivity contribution in [2.24, 2.45) is 5.73 Å². The van der Waals surface area contributed by atoms with Crippen LogP contribution in [0, 0.1) is 0 Å². The molecule has 0 saturated carbocycles. The molecule has 0 bridgehead atoms. The topological polar surface area (TPSA) is 43.1 Å². The number of hydrogen-bond donors (Lipinski definition) is 1. The summed E-state index contributed by atoms with van der Waals surface area (Å²) >= 11 is 5.81. The molecule has 1 unspecified atom stereocenters. The molecule has 0 spiro atoms.